The molecule has 3 amide bonds. The Bertz CT molecular complexity index is 1640. The van der Waals surface area contributed by atoms with Crippen LogP contribution in [0.3, 0.4) is 0 Å². The summed E-state index contributed by atoms with van der Waals surface area (Å²) >= 11 is 13.9. The molecule has 3 atom stereocenters. The summed E-state index contributed by atoms with van der Waals surface area (Å²) < 4.78 is 0. The molecule has 5 aliphatic rings. The predicted octanol–water partition coefficient (Wildman–Crippen LogP) is 6.06. The van der Waals surface area contributed by atoms with Gasteiger partial charge in [-0.15, -0.1) is 0 Å². The lowest BCUT2D eigenvalue weighted by Gasteiger charge is -2.41. The second-order valence-corrected chi connectivity index (χ2v) is 15.2. The van der Waals surface area contributed by atoms with E-state index in [0.29, 0.717) is 39.6 Å². The van der Waals surface area contributed by atoms with Crippen molar-refractivity contribution in [2.24, 2.45) is 10.9 Å². The molecule has 8 nitrogen and oxygen atoms in total. The number of amides is 3. The predicted molar refractivity (Wildman–Crippen MR) is 178 cm³/mol. The fourth-order valence-electron chi connectivity index (χ4n) is 7.49. The molecule has 236 valence electrons. The van der Waals surface area contributed by atoms with Crippen LogP contribution in [0, 0.1) is 5.92 Å². The van der Waals surface area contributed by atoms with Crippen molar-refractivity contribution in [1.29, 1.82) is 0 Å². The van der Waals surface area contributed by atoms with Crippen molar-refractivity contribution in [2.75, 3.05) is 26.7 Å². The number of thioether (sulfide) groups is 1. The minimum atomic E-state index is -0.783. The number of likely N-dealkylation sites (N-methyl/N-ethyl adjacent to an activating group) is 1. The highest BCUT2D eigenvalue weighted by Crippen LogP contribution is 2.56. The average molecular weight is 667 g/mol. The number of fused-ring (bicyclic) bond motifs is 1. The highest BCUT2D eigenvalue weighted by molar-refractivity contribution is 8.18. The molecule has 45 heavy (non-hydrogen) atoms. The zero-order valence-corrected chi connectivity index (χ0v) is 28.3. The van der Waals surface area contributed by atoms with E-state index in [1.165, 1.54) is 16.7 Å². The summed E-state index contributed by atoms with van der Waals surface area (Å²) in [6, 6.07) is 14.4. The first-order valence-corrected chi connectivity index (χ1v) is 17.2. The number of aliphatic imine (C=N–C) groups is 1. The summed E-state index contributed by atoms with van der Waals surface area (Å²) in [7, 11) is 2.12. The minimum absolute atomic E-state index is 0.0519. The normalized spacial score (nSPS) is 27.6. The summed E-state index contributed by atoms with van der Waals surface area (Å²) in [5.41, 5.74) is 2.15. The van der Waals surface area contributed by atoms with E-state index in [0.717, 1.165) is 36.2 Å². The Morgan fingerprint density at radius 1 is 1.00 bits per heavy atom. The molecule has 3 fully saturated rings. The maximum atomic E-state index is 14.5. The van der Waals surface area contributed by atoms with E-state index in [2.05, 4.69) is 37.6 Å². The van der Waals surface area contributed by atoms with E-state index in [1.54, 1.807) is 0 Å². The fourth-order valence-corrected chi connectivity index (χ4v) is 9.09. The van der Waals surface area contributed by atoms with Crippen LogP contribution in [-0.2, 0) is 19.9 Å². The Morgan fingerprint density at radius 3 is 2.27 bits per heavy atom. The number of rotatable bonds is 5. The fraction of sp³-hybridized carbons (Fsp3) is 0.471. The third-order valence-electron chi connectivity index (χ3n) is 10.2. The van der Waals surface area contributed by atoms with Gasteiger partial charge in [0.2, 0.25) is 11.8 Å². The second-order valence-electron chi connectivity index (χ2n) is 13.4. The first-order valence-electron chi connectivity index (χ1n) is 15.6. The summed E-state index contributed by atoms with van der Waals surface area (Å²) in [6.07, 6.45) is 2.68. The van der Waals surface area contributed by atoms with E-state index < -0.39 is 17.5 Å². The summed E-state index contributed by atoms with van der Waals surface area (Å²) in [5, 5.41) is 1.97. The van der Waals surface area contributed by atoms with Crippen molar-refractivity contribution >= 4 is 57.9 Å². The van der Waals surface area contributed by atoms with Crippen LogP contribution in [-0.4, -0.2) is 80.8 Å². The topological polar surface area (TPSA) is 76.5 Å². The number of hydrogen-bond donors (Lipinski definition) is 0. The van der Waals surface area contributed by atoms with Gasteiger partial charge in [0.05, 0.1) is 6.04 Å². The summed E-state index contributed by atoms with van der Waals surface area (Å²) in [5.74, 6) is -0.875. The van der Waals surface area contributed by atoms with Crippen LogP contribution in [0.4, 0.5) is 0 Å². The average Bonchev–Trinajstić information content (AvgIpc) is 3.38. The Kier molecular flexibility index (Phi) is 7.62. The zero-order chi connectivity index (χ0) is 31.8. The van der Waals surface area contributed by atoms with E-state index in [-0.39, 0.29) is 35.7 Å². The first-order chi connectivity index (χ1) is 21.4. The van der Waals surface area contributed by atoms with Gasteiger partial charge in [-0.05, 0) is 86.3 Å². The van der Waals surface area contributed by atoms with Crippen LogP contribution in [0.1, 0.15) is 63.6 Å². The molecule has 0 unspecified atom stereocenters. The van der Waals surface area contributed by atoms with Crippen molar-refractivity contribution in [1.82, 2.24) is 19.6 Å². The third kappa shape index (κ3) is 5.01. The van der Waals surface area contributed by atoms with Crippen LogP contribution in [0.15, 0.2) is 64.1 Å². The van der Waals surface area contributed by atoms with Crippen LogP contribution in [0.25, 0.3) is 0 Å². The zero-order valence-electron chi connectivity index (χ0n) is 25.9. The van der Waals surface area contributed by atoms with Gasteiger partial charge in [-0.3, -0.25) is 24.2 Å². The molecule has 2 saturated heterocycles. The molecule has 0 radical (unpaired) electrons. The van der Waals surface area contributed by atoms with Crippen molar-refractivity contribution < 1.29 is 14.4 Å². The summed E-state index contributed by atoms with van der Waals surface area (Å²) in [6.45, 7) is 8.26. The van der Waals surface area contributed by atoms with Crippen LogP contribution >= 0.6 is 35.0 Å². The van der Waals surface area contributed by atoms with E-state index in [4.69, 9.17) is 28.2 Å². The number of halogens is 2. The highest BCUT2D eigenvalue weighted by atomic mass is 35.5. The van der Waals surface area contributed by atoms with Gasteiger partial charge in [0.1, 0.15) is 16.5 Å². The third-order valence-corrected chi connectivity index (χ3v) is 11.8. The van der Waals surface area contributed by atoms with Crippen LogP contribution in [0.2, 0.25) is 10.0 Å². The Hall–Kier alpha value is -2.85. The SMILES string of the molecule is CC(C)C1=C(C(=O)N2C(=O)CC[C@H]2C(=O)N2CCN(C)C3(CC3)C2)SC2=N[C@@](C)(c3ccc(Cl)cc3)[C@@H](c3ccc(Cl)cc3)N21. The van der Waals surface area contributed by atoms with E-state index >= 15 is 0 Å². The van der Waals surface area contributed by atoms with Gasteiger partial charge >= 0.3 is 0 Å². The lowest BCUT2D eigenvalue weighted by atomic mass is 9.81. The van der Waals surface area contributed by atoms with Gasteiger partial charge in [-0.1, -0.05) is 61.3 Å². The maximum Gasteiger partial charge on any atom is 0.269 e. The van der Waals surface area contributed by atoms with Gasteiger partial charge in [-0.2, -0.15) is 0 Å². The maximum absolute atomic E-state index is 14.5. The van der Waals surface area contributed by atoms with Gasteiger partial charge in [0.15, 0.2) is 5.17 Å². The molecule has 0 bridgehead atoms. The van der Waals surface area contributed by atoms with Crippen molar-refractivity contribution in [3.8, 4) is 0 Å². The lowest BCUT2D eigenvalue weighted by molar-refractivity contribution is -0.150. The number of amidine groups is 1. The standard InChI is InChI=1S/C34H37Cl2N5O3S/c1-20(2)27-28(31(44)40-25(13-14-26(40)42)30(43)39-18-17-38(4)34(19-39)15-16-34)45-32-37-33(3,22-7-11-24(36)12-8-22)29(41(27)32)21-5-9-23(35)10-6-21/h5-12,20,25,29H,13-19H2,1-4H3/t25-,29+,33-/m0/s1. The van der Waals surface area contributed by atoms with Crippen molar-refractivity contribution in [3.05, 3.63) is 80.3 Å². The number of carbonyl (C=O) groups is 3. The molecule has 11 heteroatoms. The van der Waals surface area contributed by atoms with Gasteiger partial charge in [-0.25, -0.2) is 4.99 Å². The van der Waals surface area contributed by atoms with Crippen LogP contribution in [0.5, 0.6) is 0 Å². The molecule has 7 rings (SSSR count). The van der Waals surface area contributed by atoms with E-state index in [9.17, 15) is 14.4 Å². The van der Waals surface area contributed by atoms with Gasteiger partial charge in [0.25, 0.3) is 5.91 Å². The number of carbonyl (C=O) groups excluding carboxylic acids is 3. The minimum Gasteiger partial charge on any atom is -0.338 e. The van der Waals surface area contributed by atoms with Crippen molar-refractivity contribution in [2.45, 2.75) is 69.6 Å². The molecule has 1 spiro atoms. The molecule has 0 aromatic heterocycles. The second kappa shape index (κ2) is 11.1. The number of benzene rings is 2. The molecule has 2 aromatic rings. The van der Waals surface area contributed by atoms with Crippen molar-refractivity contribution in [3.63, 3.8) is 0 Å². The molecule has 0 N–H and O–H groups in total. The number of allylic oxidation sites excluding steroid dienone is 1. The van der Waals surface area contributed by atoms with Gasteiger partial charge in [0, 0.05) is 47.3 Å². The molecule has 1 saturated carbocycles. The van der Waals surface area contributed by atoms with E-state index in [1.807, 2.05) is 53.4 Å². The van der Waals surface area contributed by atoms with Crippen LogP contribution < -0.4 is 0 Å². The molecule has 4 aliphatic heterocycles. The number of piperazine rings is 1. The Balaban J connectivity index is 1.25. The number of likely N-dealkylation sites (tertiary alicyclic amines) is 1. The first kappa shape index (κ1) is 30.8. The molecule has 2 aromatic carbocycles. The number of imide groups is 1. The Morgan fingerprint density at radius 2 is 1.64 bits per heavy atom. The largest absolute Gasteiger partial charge is 0.338 e. The quantitative estimate of drug-likeness (QED) is 0.362. The van der Waals surface area contributed by atoms with Gasteiger partial charge < -0.3 is 9.80 Å². The molecule has 1 aliphatic carbocycles. The summed E-state index contributed by atoms with van der Waals surface area (Å²) in [4.78, 5) is 55.1. The molecular formula is C34H37Cl2N5O3S. The Labute approximate surface area is 278 Å². The lowest BCUT2D eigenvalue weighted by Crippen LogP contribution is -2.58. The number of nitrogens with zero attached hydrogens (tertiary/aromatic N) is 5. The highest BCUT2D eigenvalue weighted by Gasteiger charge is 2.56. The molecular weight excluding hydrogens is 629 g/mol. The monoisotopic (exact) mass is 665 g/mol. The molecule has 4 heterocycles. The smallest absolute Gasteiger partial charge is 0.269 e. The number of hydrogen-bond acceptors (Lipinski definition) is 7.